The number of nitrogens with two attached hydrogens (primary N) is 1. The van der Waals surface area contributed by atoms with Crippen LogP contribution in [-0.2, 0) is 4.79 Å². The lowest BCUT2D eigenvalue weighted by molar-refractivity contribution is -0.128. The van der Waals surface area contributed by atoms with E-state index in [9.17, 15) is 4.79 Å². The number of amidine groups is 1. The summed E-state index contributed by atoms with van der Waals surface area (Å²) in [6, 6.07) is 3.88. The number of nitrogens with zero attached hydrogens (tertiary/aromatic N) is 1. The Kier molecular flexibility index (Phi) is 4.09. The molecule has 0 radical (unpaired) electrons. The maximum Gasteiger partial charge on any atom is 0.234 e. The number of carbonyl (C=O) groups is 1. The third kappa shape index (κ3) is 2.58. The Balaban J connectivity index is 2.13. The van der Waals surface area contributed by atoms with Gasteiger partial charge < -0.3 is 16.3 Å². The topological polar surface area (TPSA) is 87.7 Å². The zero-order valence-electron chi connectivity index (χ0n) is 10.9. The first-order valence-corrected chi connectivity index (χ1v) is 7.30. The molecule has 1 aromatic rings. The summed E-state index contributed by atoms with van der Waals surface area (Å²) in [6.45, 7) is 1.94. The standard InChI is InChI=1S/C13H19N3O2S/c1-9(10-5-4-8-19-10)15-12(17)13(11(14)16-18)6-2-3-7-13/h4-5,8-9,18H,2-3,6-7H2,1H3,(H2,14,16)(H,15,17). The molecule has 1 aliphatic carbocycles. The maximum atomic E-state index is 12.5. The average molecular weight is 281 g/mol. The molecule has 1 amide bonds. The van der Waals surface area contributed by atoms with Gasteiger partial charge in [-0.2, -0.15) is 0 Å². The van der Waals surface area contributed by atoms with Crippen molar-refractivity contribution >= 4 is 23.1 Å². The predicted molar refractivity (Wildman–Crippen MR) is 75.2 cm³/mol. The molecule has 1 saturated carbocycles. The number of hydrogen-bond acceptors (Lipinski definition) is 4. The molecule has 6 heteroatoms. The van der Waals surface area contributed by atoms with Crippen molar-refractivity contribution in [2.24, 2.45) is 16.3 Å². The number of rotatable bonds is 4. The average Bonchev–Trinajstić information content (AvgIpc) is 3.09. The van der Waals surface area contributed by atoms with E-state index in [0.29, 0.717) is 12.8 Å². The summed E-state index contributed by atoms with van der Waals surface area (Å²) in [5.41, 5.74) is 4.92. The second-order valence-electron chi connectivity index (χ2n) is 4.99. The van der Waals surface area contributed by atoms with Gasteiger partial charge in [0.1, 0.15) is 5.41 Å². The molecule has 0 bridgehead atoms. The Morgan fingerprint density at radius 2 is 2.26 bits per heavy atom. The van der Waals surface area contributed by atoms with Gasteiger partial charge in [-0.25, -0.2) is 0 Å². The smallest absolute Gasteiger partial charge is 0.234 e. The SMILES string of the molecule is CC(NC(=O)C1(C(N)=NO)CCCC1)c1cccs1. The number of amides is 1. The van der Waals surface area contributed by atoms with Crippen molar-refractivity contribution in [1.29, 1.82) is 0 Å². The zero-order chi connectivity index (χ0) is 13.9. The number of thiophene rings is 1. The summed E-state index contributed by atoms with van der Waals surface area (Å²) in [6.07, 6.45) is 3.14. The van der Waals surface area contributed by atoms with Crippen molar-refractivity contribution in [3.8, 4) is 0 Å². The molecule has 19 heavy (non-hydrogen) atoms. The first-order valence-electron chi connectivity index (χ1n) is 6.42. The molecule has 2 rings (SSSR count). The minimum Gasteiger partial charge on any atom is -0.409 e. The summed E-state index contributed by atoms with van der Waals surface area (Å²) in [7, 11) is 0. The fourth-order valence-corrected chi connectivity index (χ4v) is 3.35. The summed E-state index contributed by atoms with van der Waals surface area (Å²) in [5, 5.41) is 16.9. The van der Waals surface area contributed by atoms with Gasteiger partial charge in [0, 0.05) is 4.88 Å². The molecule has 0 aromatic carbocycles. The Hall–Kier alpha value is -1.56. The third-order valence-electron chi connectivity index (χ3n) is 3.81. The van der Waals surface area contributed by atoms with E-state index in [4.69, 9.17) is 10.9 Å². The molecule has 1 unspecified atom stereocenters. The van der Waals surface area contributed by atoms with E-state index in [-0.39, 0.29) is 17.8 Å². The van der Waals surface area contributed by atoms with E-state index in [1.54, 1.807) is 11.3 Å². The molecule has 0 saturated heterocycles. The molecule has 0 spiro atoms. The van der Waals surface area contributed by atoms with Crippen LogP contribution < -0.4 is 11.1 Å². The Labute approximate surface area is 116 Å². The van der Waals surface area contributed by atoms with Gasteiger partial charge in [0.05, 0.1) is 6.04 Å². The van der Waals surface area contributed by atoms with E-state index in [0.717, 1.165) is 17.7 Å². The lowest BCUT2D eigenvalue weighted by Crippen LogP contribution is -2.48. The molecule has 5 nitrogen and oxygen atoms in total. The molecule has 1 aliphatic rings. The third-order valence-corrected chi connectivity index (χ3v) is 4.86. The van der Waals surface area contributed by atoms with Crippen LogP contribution in [0.25, 0.3) is 0 Å². The molecule has 4 N–H and O–H groups in total. The van der Waals surface area contributed by atoms with E-state index in [1.807, 2.05) is 24.4 Å². The minimum absolute atomic E-state index is 0.0286. The zero-order valence-corrected chi connectivity index (χ0v) is 11.7. The lowest BCUT2D eigenvalue weighted by atomic mass is 9.83. The minimum atomic E-state index is -0.833. The van der Waals surface area contributed by atoms with Crippen LogP contribution in [0, 0.1) is 5.41 Å². The van der Waals surface area contributed by atoms with Crippen molar-refractivity contribution in [3.05, 3.63) is 22.4 Å². The van der Waals surface area contributed by atoms with E-state index < -0.39 is 5.41 Å². The number of carbonyl (C=O) groups excluding carboxylic acids is 1. The summed E-state index contributed by atoms with van der Waals surface area (Å²) >= 11 is 1.60. The normalized spacial score (nSPS) is 20.2. The molecule has 1 atom stereocenters. The van der Waals surface area contributed by atoms with Crippen molar-refractivity contribution in [2.45, 2.75) is 38.6 Å². The van der Waals surface area contributed by atoms with Crippen LogP contribution in [0.3, 0.4) is 0 Å². The monoisotopic (exact) mass is 281 g/mol. The van der Waals surface area contributed by atoms with E-state index >= 15 is 0 Å². The van der Waals surface area contributed by atoms with Gasteiger partial charge in [0.15, 0.2) is 5.84 Å². The van der Waals surface area contributed by atoms with Crippen LogP contribution in [-0.4, -0.2) is 17.0 Å². The molecule has 1 fully saturated rings. The molecule has 104 valence electrons. The quantitative estimate of drug-likeness (QED) is 0.342. The van der Waals surface area contributed by atoms with Crippen molar-refractivity contribution in [3.63, 3.8) is 0 Å². The predicted octanol–water partition coefficient (Wildman–Crippen LogP) is 2.23. The highest BCUT2D eigenvalue weighted by atomic mass is 32.1. The number of hydrogen-bond donors (Lipinski definition) is 3. The summed E-state index contributed by atoms with van der Waals surface area (Å²) in [5.74, 6) is -0.109. The van der Waals surface area contributed by atoms with Crippen LogP contribution in [0.1, 0.15) is 43.5 Å². The number of oxime groups is 1. The van der Waals surface area contributed by atoms with Gasteiger partial charge >= 0.3 is 0 Å². The van der Waals surface area contributed by atoms with E-state index in [2.05, 4.69) is 10.5 Å². The Morgan fingerprint density at radius 1 is 1.58 bits per heavy atom. The second-order valence-corrected chi connectivity index (χ2v) is 5.96. The van der Waals surface area contributed by atoms with Gasteiger partial charge in [-0.05, 0) is 31.2 Å². The molecule has 0 aliphatic heterocycles. The molecular formula is C13H19N3O2S. The first-order chi connectivity index (χ1) is 9.10. The van der Waals surface area contributed by atoms with E-state index in [1.165, 1.54) is 0 Å². The van der Waals surface area contributed by atoms with Gasteiger partial charge in [-0.3, -0.25) is 4.79 Å². The van der Waals surface area contributed by atoms with Crippen molar-refractivity contribution in [1.82, 2.24) is 5.32 Å². The molecular weight excluding hydrogens is 262 g/mol. The summed E-state index contributed by atoms with van der Waals surface area (Å²) < 4.78 is 0. The van der Waals surface area contributed by atoms with Gasteiger partial charge in [-0.15, -0.1) is 11.3 Å². The highest BCUT2D eigenvalue weighted by Gasteiger charge is 2.45. The van der Waals surface area contributed by atoms with Gasteiger partial charge in [0.25, 0.3) is 0 Å². The van der Waals surface area contributed by atoms with Crippen molar-refractivity contribution < 1.29 is 10.0 Å². The fourth-order valence-electron chi connectivity index (χ4n) is 2.62. The summed E-state index contributed by atoms with van der Waals surface area (Å²) in [4.78, 5) is 13.6. The Morgan fingerprint density at radius 3 is 2.79 bits per heavy atom. The van der Waals surface area contributed by atoms with Crippen LogP contribution in [0.15, 0.2) is 22.7 Å². The van der Waals surface area contributed by atoms with Crippen LogP contribution in [0.5, 0.6) is 0 Å². The molecule has 1 heterocycles. The van der Waals surface area contributed by atoms with Gasteiger partial charge in [0.2, 0.25) is 5.91 Å². The largest absolute Gasteiger partial charge is 0.409 e. The lowest BCUT2D eigenvalue weighted by Gasteiger charge is -2.27. The fraction of sp³-hybridized carbons (Fsp3) is 0.538. The maximum absolute atomic E-state index is 12.5. The second kappa shape index (κ2) is 5.61. The number of nitrogens with one attached hydrogen (secondary N) is 1. The Bertz CT molecular complexity index is 464. The first kappa shape index (κ1) is 13.9. The van der Waals surface area contributed by atoms with Crippen LogP contribution in [0.4, 0.5) is 0 Å². The van der Waals surface area contributed by atoms with Crippen LogP contribution >= 0.6 is 11.3 Å². The van der Waals surface area contributed by atoms with Crippen molar-refractivity contribution in [2.75, 3.05) is 0 Å². The molecule has 1 aromatic heterocycles. The highest BCUT2D eigenvalue weighted by molar-refractivity contribution is 7.10. The van der Waals surface area contributed by atoms with Gasteiger partial charge in [-0.1, -0.05) is 24.1 Å². The highest BCUT2D eigenvalue weighted by Crippen LogP contribution is 2.39. The van der Waals surface area contributed by atoms with Crippen LogP contribution in [0.2, 0.25) is 0 Å².